The monoisotopic (exact) mass is 278 g/mol. The molecule has 2 rings (SSSR count). The van der Waals surface area contributed by atoms with Crippen molar-refractivity contribution >= 4 is 5.69 Å². The lowest BCUT2D eigenvalue weighted by Crippen LogP contribution is -2.26. The zero-order valence-corrected chi connectivity index (χ0v) is 12.8. The topological polar surface area (TPSA) is 27.0 Å². The van der Waals surface area contributed by atoms with Gasteiger partial charge in [-0.2, -0.15) is 5.26 Å². The summed E-state index contributed by atoms with van der Waals surface area (Å²) in [7, 11) is 0. The van der Waals surface area contributed by atoms with Gasteiger partial charge in [0.05, 0.1) is 12.5 Å². The highest BCUT2D eigenvalue weighted by Gasteiger charge is 2.07. The summed E-state index contributed by atoms with van der Waals surface area (Å²) in [6, 6.07) is 19.2. The minimum Gasteiger partial charge on any atom is -0.370 e. The van der Waals surface area contributed by atoms with Crippen LogP contribution in [0.15, 0.2) is 48.5 Å². The first kappa shape index (κ1) is 15.1. The molecular formula is C19H22N2. The maximum atomic E-state index is 8.85. The molecule has 0 aromatic heterocycles. The summed E-state index contributed by atoms with van der Waals surface area (Å²) >= 11 is 0. The van der Waals surface area contributed by atoms with Gasteiger partial charge in [0.1, 0.15) is 0 Å². The minimum atomic E-state index is 0.557. The number of nitriles is 1. The van der Waals surface area contributed by atoms with Crippen molar-refractivity contribution in [3.63, 3.8) is 0 Å². The minimum absolute atomic E-state index is 0.557. The molecule has 0 aliphatic rings. The number of hydrogen-bond acceptors (Lipinski definition) is 2. The molecule has 0 bridgehead atoms. The second kappa shape index (κ2) is 7.50. The first-order chi connectivity index (χ1) is 10.2. The number of anilines is 1. The van der Waals surface area contributed by atoms with E-state index in [9.17, 15) is 0 Å². The van der Waals surface area contributed by atoms with Crippen molar-refractivity contribution in [2.24, 2.45) is 0 Å². The molecule has 0 saturated carbocycles. The average Bonchev–Trinajstić information content (AvgIpc) is 2.50. The molecule has 21 heavy (non-hydrogen) atoms. The summed E-state index contributed by atoms with van der Waals surface area (Å²) in [6.45, 7) is 6.02. The number of rotatable bonds is 6. The summed E-state index contributed by atoms with van der Waals surface area (Å²) in [5, 5.41) is 8.85. The van der Waals surface area contributed by atoms with Crippen molar-refractivity contribution in [3.8, 4) is 6.07 Å². The van der Waals surface area contributed by atoms with Gasteiger partial charge in [-0.15, -0.1) is 0 Å². The van der Waals surface area contributed by atoms with Crippen LogP contribution in [0.4, 0.5) is 5.69 Å². The number of hydrogen-bond donors (Lipinski definition) is 0. The van der Waals surface area contributed by atoms with E-state index in [1.54, 1.807) is 0 Å². The van der Waals surface area contributed by atoms with Gasteiger partial charge in [-0.3, -0.25) is 0 Å². The molecule has 2 aromatic rings. The van der Waals surface area contributed by atoms with Crippen molar-refractivity contribution in [2.75, 3.05) is 18.0 Å². The van der Waals surface area contributed by atoms with Crippen LogP contribution in [0.25, 0.3) is 0 Å². The summed E-state index contributed by atoms with van der Waals surface area (Å²) in [6.07, 6.45) is 1.56. The standard InChI is InChI=1S/C19H22N2/c1-16-9-10-18(17(2)15-16)11-14-21(13-6-12-20)19-7-4-3-5-8-19/h3-5,7-10,15H,6,11,13-14H2,1-2H3. The molecule has 108 valence electrons. The zero-order chi connectivity index (χ0) is 15.1. The first-order valence-corrected chi connectivity index (χ1v) is 7.44. The molecule has 0 fully saturated rings. The molecule has 0 radical (unpaired) electrons. The molecule has 0 aliphatic heterocycles. The van der Waals surface area contributed by atoms with Crippen LogP contribution >= 0.6 is 0 Å². The van der Waals surface area contributed by atoms with Gasteiger partial charge in [0.25, 0.3) is 0 Å². The van der Waals surface area contributed by atoms with Crippen molar-refractivity contribution in [2.45, 2.75) is 26.7 Å². The van der Waals surface area contributed by atoms with Crippen LogP contribution in [-0.2, 0) is 6.42 Å². The molecule has 0 atom stereocenters. The summed E-state index contributed by atoms with van der Waals surface area (Å²) in [4.78, 5) is 2.29. The molecule has 0 unspecified atom stereocenters. The fourth-order valence-electron chi connectivity index (χ4n) is 2.58. The van der Waals surface area contributed by atoms with E-state index in [4.69, 9.17) is 5.26 Å². The van der Waals surface area contributed by atoms with Gasteiger partial charge >= 0.3 is 0 Å². The van der Waals surface area contributed by atoms with Gasteiger partial charge < -0.3 is 4.90 Å². The third kappa shape index (κ3) is 4.36. The van der Waals surface area contributed by atoms with Crippen LogP contribution in [0.3, 0.4) is 0 Å². The lowest BCUT2D eigenvalue weighted by Gasteiger charge is -2.24. The second-order valence-electron chi connectivity index (χ2n) is 5.41. The lowest BCUT2D eigenvalue weighted by atomic mass is 10.0. The average molecular weight is 278 g/mol. The largest absolute Gasteiger partial charge is 0.370 e. The Morgan fingerprint density at radius 3 is 2.43 bits per heavy atom. The van der Waals surface area contributed by atoms with Crippen LogP contribution in [-0.4, -0.2) is 13.1 Å². The molecule has 0 aliphatic carbocycles. The number of aryl methyl sites for hydroxylation is 2. The van der Waals surface area contributed by atoms with Gasteiger partial charge in [-0.1, -0.05) is 42.0 Å². The Hall–Kier alpha value is -2.27. The summed E-state index contributed by atoms with van der Waals surface area (Å²) in [5.74, 6) is 0. The Kier molecular flexibility index (Phi) is 5.40. The van der Waals surface area contributed by atoms with Crippen LogP contribution in [0, 0.1) is 25.2 Å². The second-order valence-corrected chi connectivity index (χ2v) is 5.41. The van der Waals surface area contributed by atoms with Crippen LogP contribution in [0.5, 0.6) is 0 Å². The predicted octanol–water partition coefficient (Wildman–Crippen LogP) is 4.27. The maximum absolute atomic E-state index is 8.85. The van der Waals surface area contributed by atoms with Gasteiger partial charge in [0.15, 0.2) is 0 Å². The van der Waals surface area contributed by atoms with E-state index in [1.165, 1.54) is 22.4 Å². The smallest absolute Gasteiger partial charge is 0.0640 e. The zero-order valence-electron chi connectivity index (χ0n) is 12.8. The van der Waals surface area contributed by atoms with E-state index in [0.717, 1.165) is 19.5 Å². The molecule has 0 saturated heterocycles. The van der Waals surface area contributed by atoms with E-state index >= 15 is 0 Å². The van der Waals surface area contributed by atoms with Crippen LogP contribution < -0.4 is 4.90 Å². The lowest BCUT2D eigenvalue weighted by molar-refractivity contribution is 0.779. The normalized spacial score (nSPS) is 10.1. The Bertz CT molecular complexity index is 611. The molecule has 0 N–H and O–H groups in total. The molecule has 2 heteroatoms. The van der Waals surface area contributed by atoms with Crippen molar-refractivity contribution in [1.82, 2.24) is 0 Å². The Morgan fingerprint density at radius 2 is 1.76 bits per heavy atom. The quantitative estimate of drug-likeness (QED) is 0.789. The highest BCUT2D eigenvalue weighted by Crippen LogP contribution is 2.16. The van der Waals surface area contributed by atoms with Gasteiger partial charge in [0.2, 0.25) is 0 Å². The van der Waals surface area contributed by atoms with Crippen molar-refractivity contribution in [1.29, 1.82) is 5.26 Å². The van der Waals surface area contributed by atoms with E-state index in [-0.39, 0.29) is 0 Å². The Balaban J connectivity index is 2.07. The third-order valence-electron chi connectivity index (χ3n) is 3.76. The molecule has 0 spiro atoms. The van der Waals surface area contributed by atoms with Gasteiger partial charge in [-0.05, 0) is 43.5 Å². The fourth-order valence-corrected chi connectivity index (χ4v) is 2.58. The van der Waals surface area contributed by atoms with Gasteiger partial charge in [-0.25, -0.2) is 0 Å². The molecular weight excluding hydrogens is 256 g/mol. The van der Waals surface area contributed by atoms with E-state index in [1.807, 2.05) is 18.2 Å². The highest BCUT2D eigenvalue weighted by atomic mass is 15.1. The Morgan fingerprint density at radius 1 is 1.00 bits per heavy atom. The molecule has 2 aromatic carbocycles. The van der Waals surface area contributed by atoms with E-state index < -0.39 is 0 Å². The first-order valence-electron chi connectivity index (χ1n) is 7.44. The maximum Gasteiger partial charge on any atom is 0.0640 e. The summed E-state index contributed by atoms with van der Waals surface area (Å²) < 4.78 is 0. The number of para-hydroxylation sites is 1. The fraction of sp³-hybridized carbons (Fsp3) is 0.316. The van der Waals surface area contributed by atoms with E-state index in [0.29, 0.717) is 6.42 Å². The number of nitrogens with zero attached hydrogens (tertiary/aromatic N) is 2. The van der Waals surface area contributed by atoms with E-state index in [2.05, 4.69) is 55.1 Å². The predicted molar refractivity (Wildman–Crippen MR) is 88.5 cm³/mol. The van der Waals surface area contributed by atoms with Crippen molar-refractivity contribution in [3.05, 3.63) is 65.2 Å². The molecule has 0 amide bonds. The summed E-state index contributed by atoms with van der Waals surface area (Å²) in [5.41, 5.74) is 5.24. The number of benzene rings is 2. The molecule has 2 nitrogen and oxygen atoms in total. The Labute approximate surface area is 127 Å². The van der Waals surface area contributed by atoms with Gasteiger partial charge in [0, 0.05) is 18.8 Å². The highest BCUT2D eigenvalue weighted by molar-refractivity contribution is 5.46. The molecule has 0 heterocycles. The SMILES string of the molecule is Cc1ccc(CCN(CCC#N)c2ccccc2)c(C)c1. The van der Waals surface area contributed by atoms with Crippen molar-refractivity contribution < 1.29 is 0 Å². The van der Waals surface area contributed by atoms with Crippen LogP contribution in [0.2, 0.25) is 0 Å². The van der Waals surface area contributed by atoms with Crippen LogP contribution in [0.1, 0.15) is 23.1 Å². The third-order valence-corrected chi connectivity index (χ3v) is 3.76.